The summed E-state index contributed by atoms with van der Waals surface area (Å²) in [6.45, 7) is 4.08. The molecule has 0 aliphatic carbocycles. The van der Waals surface area contributed by atoms with Gasteiger partial charge in [0.25, 0.3) is 5.91 Å². The third-order valence-corrected chi connectivity index (χ3v) is 3.22. The fourth-order valence-electron chi connectivity index (χ4n) is 1.80. The molecule has 20 heavy (non-hydrogen) atoms. The highest BCUT2D eigenvalue weighted by molar-refractivity contribution is 6.17. The maximum absolute atomic E-state index is 13.4. The summed E-state index contributed by atoms with van der Waals surface area (Å²) in [5.41, 5.74) is -1.00. The van der Waals surface area contributed by atoms with Crippen molar-refractivity contribution in [3.63, 3.8) is 0 Å². The van der Waals surface area contributed by atoms with Gasteiger partial charge in [-0.25, -0.2) is 13.2 Å². The minimum absolute atomic E-state index is 0.239. The number of alkyl halides is 1. The molecule has 1 amide bonds. The first-order valence-electron chi connectivity index (χ1n) is 6.25. The second-order valence-electron chi connectivity index (χ2n) is 5.38. The van der Waals surface area contributed by atoms with Crippen LogP contribution in [0.25, 0.3) is 0 Å². The number of hydrogen-bond acceptors (Lipinski definition) is 1. The molecule has 0 saturated heterocycles. The van der Waals surface area contributed by atoms with Gasteiger partial charge in [0.1, 0.15) is 23.0 Å². The lowest BCUT2D eigenvalue weighted by atomic mass is 9.88. The molecule has 0 saturated carbocycles. The smallest absolute Gasteiger partial charge is 0.257 e. The van der Waals surface area contributed by atoms with Gasteiger partial charge in [0.2, 0.25) is 0 Å². The molecular formula is C14H17ClF3NO. The van der Waals surface area contributed by atoms with Crippen LogP contribution in [0.5, 0.6) is 0 Å². The number of nitrogens with one attached hydrogen (secondary N) is 1. The number of rotatable bonds is 6. The Kier molecular flexibility index (Phi) is 5.87. The molecule has 112 valence electrons. The Balaban J connectivity index is 2.73. The van der Waals surface area contributed by atoms with Crippen molar-refractivity contribution in [3.05, 3.63) is 35.1 Å². The molecule has 6 heteroatoms. The SMILES string of the molecule is CC(C)(CCCCl)CNC(=O)c1c(F)cc(F)cc1F. The van der Waals surface area contributed by atoms with Crippen LogP contribution in [0, 0.1) is 22.9 Å². The van der Waals surface area contributed by atoms with Crippen LogP contribution >= 0.6 is 11.6 Å². The van der Waals surface area contributed by atoms with Crippen LogP contribution in [0.3, 0.4) is 0 Å². The van der Waals surface area contributed by atoms with E-state index in [0.29, 0.717) is 18.0 Å². The first kappa shape index (κ1) is 16.8. The molecule has 0 unspecified atom stereocenters. The predicted molar refractivity (Wildman–Crippen MR) is 72.4 cm³/mol. The predicted octanol–water partition coefficient (Wildman–Crippen LogP) is 3.88. The Labute approximate surface area is 121 Å². The van der Waals surface area contributed by atoms with Gasteiger partial charge < -0.3 is 5.32 Å². The molecule has 1 rings (SSSR count). The summed E-state index contributed by atoms with van der Waals surface area (Å²) in [6.07, 6.45) is 1.55. The average Bonchev–Trinajstić information content (AvgIpc) is 2.33. The summed E-state index contributed by atoms with van der Waals surface area (Å²) >= 11 is 5.60. The van der Waals surface area contributed by atoms with Gasteiger partial charge in [-0.15, -0.1) is 11.6 Å². The zero-order valence-corrected chi connectivity index (χ0v) is 12.2. The third-order valence-electron chi connectivity index (χ3n) is 2.95. The molecule has 1 aromatic rings. The largest absolute Gasteiger partial charge is 0.351 e. The number of benzene rings is 1. The van der Waals surface area contributed by atoms with Gasteiger partial charge in [0.05, 0.1) is 0 Å². The van der Waals surface area contributed by atoms with E-state index in [1.807, 2.05) is 13.8 Å². The zero-order valence-electron chi connectivity index (χ0n) is 11.4. The number of hydrogen-bond donors (Lipinski definition) is 1. The normalized spacial score (nSPS) is 11.5. The van der Waals surface area contributed by atoms with Crippen molar-refractivity contribution in [2.45, 2.75) is 26.7 Å². The molecular weight excluding hydrogens is 291 g/mol. The number of halogens is 4. The highest BCUT2D eigenvalue weighted by Crippen LogP contribution is 2.22. The van der Waals surface area contributed by atoms with Gasteiger partial charge in [-0.2, -0.15) is 0 Å². The quantitative estimate of drug-likeness (QED) is 0.794. The minimum Gasteiger partial charge on any atom is -0.351 e. The van der Waals surface area contributed by atoms with Crippen molar-refractivity contribution >= 4 is 17.5 Å². The summed E-state index contributed by atoms with van der Waals surface area (Å²) in [5, 5.41) is 2.46. The Morgan fingerprint density at radius 1 is 1.25 bits per heavy atom. The fourth-order valence-corrected chi connectivity index (χ4v) is 1.93. The molecule has 1 N–H and O–H groups in total. The van der Waals surface area contributed by atoms with Crippen LogP contribution in [0.15, 0.2) is 12.1 Å². The molecule has 0 spiro atoms. The van der Waals surface area contributed by atoms with Gasteiger partial charge in [0, 0.05) is 24.6 Å². The van der Waals surface area contributed by atoms with Crippen LogP contribution in [-0.4, -0.2) is 18.3 Å². The van der Waals surface area contributed by atoms with E-state index in [1.54, 1.807) is 0 Å². The molecule has 2 nitrogen and oxygen atoms in total. The summed E-state index contributed by atoms with van der Waals surface area (Å²) in [4.78, 5) is 11.8. The fraction of sp³-hybridized carbons (Fsp3) is 0.500. The van der Waals surface area contributed by atoms with Crippen LogP contribution in [0.2, 0.25) is 0 Å². The first-order valence-corrected chi connectivity index (χ1v) is 6.79. The minimum atomic E-state index is -1.21. The maximum Gasteiger partial charge on any atom is 0.257 e. The molecule has 0 atom stereocenters. The van der Waals surface area contributed by atoms with Crippen LogP contribution in [0.4, 0.5) is 13.2 Å². The number of carbonyl (C=O) groups is 1. The van der Waals surface area contributed by atoms with E-state index in [9.17, 15) is 18.0 Å². The highest BCUT2D eigenvalue weighted by Gasteiger charge is 2.22. The highest BCUT2D eigenvalue weighted by atomic mass is 35.5. The van der Waals surface area contributed by atoms with E-state index in [-0.39, 0.29) is 12.0 Å². The van der Waals surface area contributed by atoms with Crippen LogP contribution in [-0.2, 0) is 0 Å². The Morgan fingerprint density at radius 3 is 2.30 bits per heavy atom. The van der Waals surface area contributed by atoms with Crippen molar-refractivity contribution in [1.29, 1.82) is 0 Å². The van der Waals surface area contributed by atoms with E-state index < -0.39 is 28.9 Å². The summed E-state index contributed by atoms with van der Waals surface area (Å²) in [5.74, 6) is -3.85. The van der Waals surface area contributed by atoms with E-state index >= 15 is 0 Å². The summed E-state index contributed by atoms with van der Waals surface area (Å²) in [6, 6.07) is 0.966. The summed E-state index contributed by atoms with van der Waals surface area (Å²) in [7, 11) is 0. The number of amides is 1. The monoisotopic (exact) mass is 307 g/mol. The lowest BCUT2D eigenvalue weighted by Crippen LogP contribution is -2.35. The lowest BCUT2D eigenvalue weighted by Gasteiger charge is -2.24. The van der Waals surface area contributed by atoms with E-state index in [2.05, 4.69) is 5.32 Å². The molecule has 0 radical (unpaired) electrons. The molecule has 0 fully saturated rings. The molecule has 1 aromatic carbocycles. The van der Waals surface area contributed by atoms with Crippen molar-refractivity contribution < 1.29 is 18.0 Å². The first-order chi connectivity index (χ1) is 9.26. The summed E-state index contributed by atoms with van der Waals surface area (Å²) < 4.78 is 39.6. The number of carbonyl (C=O) groups excluding carboxylic acids is 1. The second kappa shape index (κ2) is 6.97. The standard InChI is InChI=1S/C14H17ClF3NO/c1-14(2,4-3-5-15)8-19-13(20)12-10(17)6-9(16)7-11(12)18/h6-7H,3-5,8H2,1-2H3,(H,19,20). The van der Waals surface area contributed by atoms with Crippen LogP contribution < -0.4 is 5.32 Å². The van der Waals surface area contributed by atoms with E-state index in [1.165, 1.54) is 0 Å². The van der Waals surface area contributed by atoms with Crippen LogP contribution in [0.1, 0.15) is 37.0 Å². The second-order valence-corrected chi connectivity index (χ2v) is 5.76. The van der Waals surface area contributed by atoms with E-state index in [0.717, 1.165) is 12.8 Å². The maximum atomic E-state index is 13.4. The molecule has 0 aliphatic rings. The topological polar surface area (TPSA) is 29.1 Å². The van der Waals surface area contributed by atoms with Gasteiger partial charge in [-0.1, -0.05) is 13.8 Å². The van der Waals surface area contributed by atoms with E-state index in [4.69, 9.17) is 11.6 Å². The zero-order chi connectivity index (χ0) is 15.3. The molecule has 0 heterocycles. The lowest BCUT2D eigenvalue weighted by molar-refractivity contribution is 0.0926. The molecule has 0 aromatic heterocycles. The molecule has 0 aliphatic heterocycles. The van der Waals surface area contributed by atoms with Gasteiger partial charge in [0.15, 0.2) is 0 Å². The Hall–Kier alpha value is -1.23. The Bertz CT molecular complexity index is 468. The van der Waals surface area contributed by atoms with Crippen molar-refractivity contribution in [2.75, 3.05) is 12.4 Å². The van der Waals surface area contributed by atoms with Gasteiger partial charge in [-0.05, 0) is 18.3 Å². The van der Waals surface area contributed by atoms with Gasteiger partial charge in [-0.3, -0.25) is 4.79 Å². The van der Waals surface area contributed by atoms with Crippen molar-refractivity contribution in [2.24, 2.45) is 5.41 Å². The van der Waals surface area contributed by atoms with Gasteiger partial charge >= 0.3 is 0 Å². The third kappa shape index (κ3) is 4.71. The molecule has 0 bridgehead atoms. The average molecular weight is 308 g/mol. The van der Waals surface area contributed by atoms with Crippen molar-refractivity contribution in [3.8, 4) is 0 Å². The van der Waals surface area contributed by atoms with Crippen molar-refractivity contribution in [1.82, 2.24) is 5.32 Å². The Morgan fingerprint density at radius 2 is 1.80 bits per heavy atom.